The normalized spacial score (nSPS) is 16.5. The number of nitrogens with zero attached hydrogens (tertiary/aromatic N) is 2. The Hall–Kier alpha value is -1.57. The van der Waals surface area contributed by atoms with Gasteiger partial charge in [0.1, 0.15) is 6.54 Å². The molecule has 0 radical (unpaired) electrons. The van der Waals surface area contributed by atoms with E-state index in [1.165, 1.54) is 6.92 Å². The lowest BCUT2D eigenvalue weighted by Gasteiger charge is -2.25. The lowest BCUT2D eigenvalue weighted by molar-refractivity contribution is -0.139. The molecule has 2 N–H and O–H groups in total. The van der Waals surface area contributed by atoms with E-state index in [0.29, 0.717) is 0 Å². The third kappa shape index (κ3) is 5.20. The van der Waals surface area contributed by atoms with E-state index in [9.17, 15) is 18.0 Å². The molecule has 0 aromatic carbocycles. The van der Waals surface area contributed by atoms with Crippen LogP contribution in [0.5, 0.6) is 0 Å². The zero-order valence-corrected chi connectivity index (χ0v) is 11.6. The highest BCUT2D eigenvalue weighted by atomic mass is 19.4. The first-order chi connectivity index (χ1) is 9.20. The molecule has 5 nitrogen and oxygen atoms in total. The van der Waals surface area contributed by atoms with Gasteiger partial charge in [-0.15, -0.1) is 0 Å². The van der Waals surface area contributed by atoms with Crippen molar-refractivity contribution < 1.29 is 18.0 Å². The topological polar surface area (TPSA) is 59.0 Å². The molecule has 0 fully saturated rings. The Morgan fingerprint density at radius 3 is 2.50 bits per heavy atom. The smallest absolute Gasteiger partial charge is 0.346 e. The average Bonchev–Trinajstić information content (AvgIpc) is 2.87. The highest BCUT2D eigenvalue weighted by Gasteiger charge is 2.29. The fraction of sp³-hybridized carbons (Fsp3) is 0.667. The summed E-state index contributed by atoms with van der Waals surface area (Å²) in [6.07, 6.45) is -0.969. The summed E-state index contributed by atoms with van der Waals surface area (Å²) in [4.78, 5) is 11.5. The molecule has 8 heteroatoms. The Bertz CT molecular complexity index is 419. The van der Waals surface area contributed by atoms with Gasteiger partial charge < -0.3 is 10.6 Å². The number of alkyl halides is 3. The molecule has 1 amide bonds. The number of aromatic nitrogens is 2. The van der Waals surface area contributed by atoms with Crippen LogP contribution in [0, 0.1) is 0 Å². The molecular weight excluding hydrogens is 273 g/mol. The predicted molar refractivity (Wildman–Crippen MR) is 68.1 cm³/mol. The van der Waals surface area contributed by atoms with E-state index in [1.807, 2.05) is 19.2 Å². The molecular formula is C12H19F3N4O. The van der Waals surface area contributed by atoms with Crippen molar-refractivity contribution in [2.75, 3.05) is 6.54 Å². The first-order valence-corrected chi connectivity index (χ1v) is 6.30. The van der Waals surface area contributed by atoms with E-state index in [1.54, 1.807) is 23.1 Å². The molecule has 3 atom stereocenters. The Morgan fingerprint density at radius 1 is 1.35 bits per heavy atom. The van der Waals surface area contributed by atoms with Crippen LogP contribution in [0.4, 0.5) is 13.2 Å². The molecule has 0 saturated carbocycles. The molecule has 114 valence electrons. The van der Waals surface area contributed by atoms with Gasteiger partial charge >= 0.3 is 6.18 Å². The average molecular weight is 292 g/mol. The summed E-state index contributed by atoms with van der Waals surface area (Å²) in [5, 5.41) is 8.90. The van der Waals surface area contributed by atoms with Crippen LogP contribution in [0.3, 0.4) is 0 Å². The summed E-state index contributed by atoms with van der Waals surface area (Å²) in [5.74, 6) is -0.679. The maximum atomic E-state index is 12.0. The van der Waals surface area contributed by atoms with Crippen LogP contribution in [0.15, 0.2) is 18.5 Å². The third-order valence-corrected chi connectivity index (χ3v) is 3.03. The first kappa shape index (κ1) is 16.5. The van der Waals surface area contributed by atoms with Gasteiger partial charge in [0.2, 0.25) is 5.91 Å². The number of nitrogens with one attached hydrogen (secondary N) is 2. The molecule has 1 aromatic rings. The SMILES string of the molecule is C[C@H](N[C@@H](C)[C@H](C)n1cccn1)C(=O)NCC(F)(F)F. The molecule has 1 aromatic heterocycles. The summed E-state index contributed by atoms with van der Waals surface area (Å²) in [7, 11) is 0. The van der Waals surface area contributed by atoms with Crippen molar-refractivity contribution >= 4 is 5.91 Å². The monoisotopic (exact) mass is 292 g/mol. The largest absolute Gasteiger partial charge is 0.405 e. The molecule has 0 unspecified atom stereocenters. The Balaban J connectivity index is 2.44. The van der Waals surface area contributed by atoms with Gasteiger partial charge in [-0.05, 0) is 26.8 Å². The van der Waals surface area contributed by atoms with E-state index in [0.717, 1.165) is 0 Å². The van der Waals surface area contributed by atoms with Crippen LogP contribution in [0.25, 0.3) is 0 Å². The van der Waals surface area contributed by atoms with Crippen molar-refractivity contribution in [1.82, 2.24) is 20.4 Å². The summed E-state index contributed by atoms with van der Waals surface area (Å²) < 4.78 is 37.7. The van der Waals surface area contributed by atoms with Crippen LogP contribution < -0.4 is 10.6 Å². The van der Waals surface area contributed by atoms with Gasteiger partial charge in [-0.25, -0.2) is 0 Å². The van der Waals surface area contributed by atoms with E-state index in [-0.39, 0.29) is 12.1 Å². The van der Waals surface area contributed by atoms with Crippen LogP contribution in [-0.4, -0.2) is 40.5 Å². The fourth-order valence-corrected chi connectivity index (χ4v) is 1.70. The van der Waals surface area contributed by atoms with Crippen molar-refractivity contribution in [3.63, 3.8) is 0 Å². The van der Waals surface area contributed by atoms with Gasteiger partial charge in [0.25, 0.3) is 0 Å². The van der Waals surface area contributed by atoms with Gasteiger partial charge in [-0.2, -0.15) is 18.3 Å². The maximum Gasteiger partial charge on any atom is 0.405 e. The van der Waals surface area contributed by atoms with Crippen LogP contribution in [0.1, 0.15) is 26.8 Å². The quantitative estimate of drug-likeness (QED) is 0.835. The van der Waals surface area contributed by atoms with E-state index >= 15 is 0 Å². The maximum absolute atomic E-state index is 12.0. The molecule has 1 rings (SSSR count). The molecule has 0 aliphatic carbocycles. The minimum absolute atomic E-state index is 0.0251. The zero-order valence-electron chi connectivity index (χ0n) is 11.6. The third-order valence-electron chi connectivity index (χ3n) is 3.03. The fourth-order valence-electron chi connectivity index (χ4n) is 1.70. The van der Waals surface area contributed by atoms with Crippen LogP contribution in [0.2, 0.25) is 0 Å². The van der Waals surface area contributed by atoms with E-state index in [4.69, 9.17) is 0 Å². The number of carbonyl (C=O) groups excluding carboxylic acids is 1. The summed E-state index contributed by atoms with van der Waals surface area (Å²) in [6.45, 7) is 3.96. The van der Waals surface area contributed by atoms with Crippen molar-refractivity contribution in [2.45, 2.75) is 45.1 Å². The van der Waals surface area contributed by atoms with Crippen molar-refractivity contribution in [3.8, 4) is 0 Å². The van der Waals surface area contributed by atoms with Gasteiger partial charge in [0.05, 0.1) is 12.1 Å². The number of hydrogen-bond acceptors (Lipinski definition) is 3. The number of halogens is 3. The Kier molecular flexibility index (Phi) is 5.55. The molecule has 0 spiro atoms. The molecule has 0 saturated heterocycles. The highest BCUT2D eigenvalue weighted by molar-refractivity contribution is 5.81. The van der Waals surface area contributed by atoms with Crippen molar-refractivity contribution in [3.05, 3.63) is 18.5 Å². The lowest BCUT2D eigenvalue weighted by atomic mass is 10.1. The standard InChI is InChI=1S/C12H19F3N4O/c1-8(10(3)19-6-4-5-17-19)18-9(2)11(20)16-7-12(13,14)15/h4-6,8-10,18H,7H2,1-3H3,(H,16,20)/t8-,9-,10-/m0/s1. The summed E-state index contributed by atoms with van der Waals surface area (Å²) in [6, 6.07) is 0.914. The number of carbonyl (C=O) groups is 1. The van der Waals surface area contributed by atoms with Crippen molar-refractivity contribution in [1.29, 1.82) is 0 Å². The van der Waals surface area contributed by atoms with Crippen LogP contribution >= 0.6 is 0 Å². The van der Waals surface area contributed by atoms with Gasteiger partial charge in [-0.3, -0.25) is 9.48 Å². The second-order valence-corrected chi connectivity index (χ2v) is 4.74. The van der Waals surface area contributed by atoms with E-state index in [2.05, 4.69) is 10.4 Å². The first-order valence-electron chi connectivity index (χ1n) is 6.30. The van der Waals surface area contributed by atoms with Crippen molar-refractivity contribution in [2.24, 2.45) is 0 Å². The molecule has 20 heavy (non-hydrogen) atoms. The highest BCUT2D eigenvalue weighted by Crippen LogP contribution is 2.12. The minimum atomic E-state index is -4.40. The van der Waals surface area contributed by atoms with Gasteiger partial charge in [0.15, 0.2) is 0 Å². The second kappa shape index (κ2) is 6.74. The number of hydrogen-bond donors (Lipinski definition) is 2. The van der Waals surface area contributed by atoms with Gasteiger partial charge in [-0.1, -0.05) is 0 Å². The molecule has 0 bridgehead atoms. The summed E-state index contributed by atoms with van der Waals surface area (Å²) >= 11 is 0. The van der Waals surface area contributed by atoms with Gasteiger partial charge in [0, 0.05) is 18.4 Å². The Morgan fingerprint density at radius 2 is 2.00 bits per heavy atom. The number of rotatable bonds is 6. The summed E-state index contributed by atoms with van der Waals surface area (Å²) in [5.41, 5.74) is 0. The Labute approximate surface area is 115 Å². The molecule has 1 heterocycles. The number of amides is 1. The second-order valence-electron chi connectivity index (χ2n) is 4.74. The predicted octanol–water partition coefficient (Wildman–Crippen LogP) is 1.49. The minimum Gasteiger partial charge on any atom is -0.346 e. The molecule has 0 aliphatic rings. The van der Waals surface area contributed by atoms with E-state index < -0.39 is 24.7 Å². The zero-order chi connectivity index (χ0) is 15.3. The molecule has 0 aliphatic heterocycles. The lowest BCUT2D eigenvalue weighted by Crippen LogP contribution is -2.49. The van der Waals surface area contributed by atoms with Crippen LogP contribution in [-0.2, 0) is 4.79 Å².